The number of anilines is 1. The summed E-state index contributed by atoms with van der Waals surface area (Å²) in [4.78, 5) is 20.5. The Balaban J connectivity index is 3.08. The number of nitrogens with zero attached hydrogens (tertiary/aromatic N) is 3. The van der Waals surface area contributed by atoms with Crippen molar-refractivity contribution in [2.75, 3.05) is 18.5 Å². The molecule has 0 aromatic carbocycles. The molecule has 0 aliphatic rings. The van der Waals surface area contributed by atoms with Gasteiger partial charge in [0.2, 0.25) is 5.95 Å². The van der Waals surface area contributed by atoms with Crippen LogP contribution in [-0.2, 0) is 0 Å². The number of likely N-dealkylation sites (N-methyl/N-ethyl adjacent to an activating group) is 1. The highest BCUT2D eigenvalue weighted by atomic mass is 16.4. The first kappa shape index (κ1) is 11.2. The van der Waals surface area contributed by atoms with Crippen molar-refractivity contribution in [3.8, 4) is 0 Å². The Bertz CT molecular complexity index is 390. The van der Waals surface area contributed by atoms with Gasteiger partial charge in [-0.15, -0.1) is 6.58 Å². The zero-order valence-electron chi connectivity index (χ0n) is 8.77. The number of aromatic nitrogens is 2. The number of hydrogen-bond acceptors (Lipinski definition) is 4. The molecule has 5 nitrogen and oxygen atoms in total. The topological polar surface area (TPSA) is 66.3 Å². The molecule has 1 aromatic rings. The van der Waals surface area contributed by atoms with Gasteiger partial charge in [0.25, 0.3) is 0 Å². The van der Waals surface area contributed by atoms with E-state index >= 15 is 0 Å². The molecule has 1 aromatic heterocycles. The van der Waals surface area contributed by atoms with Gasteiger partial charge in [0, 0.05) is 19.3 Å². The Morgan fingerprint density at radius 3 is 2.87 bits per heavy atom. The standard InChI is InChI=1S/C10H13N3O2/c1-4-5-13(3)10-11-7(2)6-8(12-10)9(14)15/h4,6H,1,5H2,2-3H3,(H,14,15). The highest BCUT2D eigenvalue weighted by Crippen LogP contribution is 2.08. The van der Waals surface area contributed by atoms with Crippen LogP contribution in [0.2, 0.25) is 0 Å². The molecule has 0 saturated carbocycles. The van der Waals surface area contributed by atoms with E-state index in [1.54, 1.807) is 24.9 Å². The molecule has 0 amide bonds. The van der Waals surface area contributed by atoms with Crippen molar-refractivity contribution < 1.29 is 9.90 Å². The Hall–Kier alpha value is -1.91. The minimum atomic E-state index is -1.05. The van der Waals surface area contributed by atoms with Crippen LogP contribution in [0.1, 0.15) is 16.2 Å². The van der Waals surface area contributed by atoms with Crippen LogP contribution in [0.5, 0.6) is 0 Å². The van der Waals surface area contributed by atoms with Crippen molar-refractivity contribution in [2.45, 2.75) is 6.92 Å². The predicted molar refractivity (Wildman–Crippen MR) is 57.2 cm³/mol. The molecule has 0 unspecified atom stereocenters. The monoisotopic (exact) mass is 207 g/mol. The zero-order chi connectivity index (χ0) is 11.4. The molecule has 5 heteroatoms. The van der Waals surface area contributed by atoms with E-state index in [0.717, 1.165) is 0 Å². The van der Waals surface area contributed by atoms with Gasteiger partial charge in [-0.1, -0.05) is 6.08 Å². The van der Waals surface area contributed by atoms with E-state index in [0.29, 0.717) is 18.2 Å². The largest absolute Gasteiger partial charge is 0.477 e. The second kappa shape index (κ2) is 4.54. The lowest BCUT2D eigenvalue weighted by Gasteiger charge is -2.15. The maximum Gasteiger partial charge on any atom is 0.354 e. The summed E-state index contributed by atoms with van der Waals surface area (Å²) in [5.74, 6) is -0.652. The minimum absolute atomic E-state index is 0.00779. The van der Waals surface area contributed by atoms with E-state index in [-0.39, 0.29) is 5.69 Å². The molecule has 0 radical (unpaired) electrons. The van der Waals surface area contributed by atoms with Crippen molar-refractivity contribution in [2.24, 2.45) is 0 Å². The van der Waals surface area contributed by atoms with Crippen molar-refractivity contribution in [1.29, 1.82) is 0 Å². The van der Waals surface area contributed by atoms with E-state index in [2.05, 4.69) is 16.5 Å². The van der Waals surface area contributed by atoms with Crippen LogP contribution < -0.4 is 4.90 Å². The second-order valence-corrected chi connectivity index (χ2v) is 3.17. The molecule has 0 spiro atoms. The van der Waals surface area contributed by atoms with Crippen LogP contribution in [0.3, 0.4) is 0 Å². The van der Waals surface area contributed by atoms with E-state index in [1.165, 1.54) is 6.07 Å². The summed E-state index contributed by atoms with van der Waals surface area (Å²) in [7, 11) is 1.78. The summed E-state index contributed by atoms with van der Waals surface area (Å²) in [6.07, 6.45) is 1.70. The first-order valence-corrected chi connectivity index (χ1v) is 4.45. The summed E-state index contributed by atoms with van der Waals surface area (Å²) < 4.78 is 0. The number of carboxylic acids is 1. The lowest BCUT2D eigenvalue weighted by atomic mass is 10.3. The molecule has 0 bridgehead atoms. The van der Waals surface area contributed by atoms with Gasteiger partial charge in [-0.3, -0.25) is 0 Å². The summed E-state index contributed by atoms with van der Waals surface area (Å²) in [5.41, 5.74) is 0.640. The van der Waals surface area contributed by atoms with Gasteiger partial charge < -0.3 is 10.0 Å². The fraction of sp³-hybridized carbons (Fsp3) is 0.300. The van der Waals surface area contributed by atoms with Gasteiger partial charge in [-0.2, -0.15) is 0 Å². The molecule has 0 aliphatic carbocycles. The maximum atomic E-state index is 10.8. The van der Waals surface area contributed by atoms with Crippen molar-refractivity contribution >= 4 is 11.9 Å². The van der Waals surface area contributed by atoms with E-state index in [1.807, 2.05) is 0 Å². The molecular weight excluding hydrogens is 194 g/mol. The first-order chi connectivity index (χ1) is 7.04. The molecule has 80 valence electrons. The fourth-order valence-corrected chi connectivity index (χ4v) is 1.11. The molecule has 0 saturated heterocycles. The molecule has 0 atom stereocenters. The first-order valence-electron chi connectivity index (χ1n) is 4.45. The van der Waals surface area contributed by atoms with Crippen molar-refractivity contribution in [3.63, 3.8) is 0 Å². The molecule has 1 N–H and O–H groups in total. The second-order valence-electron chi connectivity index (χ2n) is 3.17. The average molecular weight is 207 g/mol. The van der Waals surface area contributed by atoms with Gasteiger partial charge in [-0.25, -0.2) is 14.8 Å². The lowest BCUT2D eigenvalue weighted by molar-refractivity contribution is 0.0690. The zero-order valence-corrected chi connectivity index (χ0v) is 8.77. The van der Waals surface area contributed by atoms with Crippen molar-refractivity contribution in [1.82, 2.24) is 9.97 Å². The average Bonchev–Trinajstić information content (AvgIpc) is 2.17. The summed E-state index contributed by atoms with van der Waals surface area (Å²) >= 11 is 0. The minimum Gasteiger partial charge on any atom is -0.477 e. The molecule has 1 heterocycles. The van der Waals surface area contributed by atoms with Crippen LogP contribution in [0, 0.1) is 6.92 Å². The Morgan fingerprint density at radius 2 is 2.33 bits per heavy atom. The third kappa shape index (κ3) is 2.77. The molecule has 15 heavy (non-hydrogen) atoms. The number of aryl methyl sites for hydroxylation is 1. The van der Waals surface area contributed by atoms with E-state index in [4.69, 9.17) is 5.11 Å². The molecule has 0 fully saturated rings. The van der Waals surface area contributed by atoms with Gasteiger partial charge in [0.15, 0.2) is 5.69 Å². The summed E-state index contributed by atoms with van der Waals surface area (Å²) in [6, 6.07) is 1.44. The smallest absolute Gasteiger partial charge is 0.354 e. The third-order valence-corrected chi connectivity index (χ3v) is 1.81. The van der Waals surface area contributed by atoms with Gasteiger partial charge in [0.1, 0.15) is 0 Å². The van der Waals surface area contributed by atoms with Crippen molar-refractivity contribution in [3.05, 3.63) is 30.1 Å². The number of carboxylic acid groups (broad SMARTS) is 1. The quantitative estimate of drug-likeness (QED) is 0.749. The molecular formula is C10H13N3O2. The molecule has 0 aliphatic heterocycles. The van der Waals surface area contributed by atoms with Crippen LogP contribution in [-0.4, -0.2) is 34.6 Å². The highest BCUT2D eigenvalue weighted by molar-refractivity contribution is 5.85. The molecule has 1 rings (SSSR count). The number of aromatic carboxylic acids is 1. The van der Waals surface area contributed by atoms with E-state index < -0.39 is 5.97 Å². The number of rotatable bonds is 4. The van der Waals surface area contributed by atoms with Crippen LogP contribution in [0.15, 0.2) is 18.7 Å². The predicted octanol–water partition coefficient (Wildman–Crippen LogP) is 1.11. The maximum absolute atomic E-state index is 10.8. The van der Waals surface area contributed by atoms with Crippen LogP contribution in [0.4, 0.5) is 5.95 Å². The SMILES string of the molecule is C=CCN(C)c1nc(C)cc(C(=O)O)n1. The van der Waals surface area contributed by atoms with Gasteiger partial charge in [-0.05, 0) is 13.0 Å². The Morgan fingerprint density at radius 1 is 1.67 bits per heavy atom. The van der Waals surface area contributed by atoms with Gasteiger partial charge >= 0.3 is 5.97 Å². The van der Waals surface area contributed by atoms with E-state index in [9.17, 15) is 4.79 Å². The summed E-state index contributed by atoms with van der Waals surface area (Å²) in [6.45, 7) is 5.90. The van der Waals surface area contributed by atoms with Crippen LogP contribution >= 0.6 is 0 Å². The fourth-order valence-electron chi connectivity index (χ4n) is 1.11. The van der Waals surface area contributed by atoms with Crippen LogP contribution in [0.25, 0.3) is 0 Å². The highest BCUT2D eigenvalue weighted by Gasteiger charge is 2.10. The number of hydrogen-bond donors (Lipinski definition) is 1. The van der Waals surface area contributed by atoms with Gasteiger partial charge in [0.05, 0.1) is 0 Å². The third-order valence-electron chi connectivity index (χ3n) is 1.81. The Kier molecular flexibility index (Phi) is 3.38. The number of carbonyl (C=O) groups is 1. The Labute approximate surface area is 88.1 Å². The normalized spacial score (nSPS) is 9.73. The summed E-state index contributed by atoms with van der Waals surface area (Å²) in [5, 5.41) is 8.82. The lowest BCUT2D eigenvalue weighted by Crippen LogP contribution is -2.21.